The van der Waals surface area contributed by atoms with Crippen LogP contribution in [0.1, 0.15) is 12.5 Å². The fraction of sp³-hybridized carbons (Fsp3) is 0.273. The molecule has 0 aliphatic rings. The molecule has 0 fully saturated rings. The average molecular weight is 227 g/mol. The Kier molecular flexibility index (Phi) is 4.31. The summed E-state index contributed by atoms with van der Waals surface area (Å²) in [5.74, 6) is -1.33. The molecule has 0 atom stereocenters. The van der Waals surface area contributed by atoms with Gasteiger partial charge in [-0.3, -0.25) is 4.79 Å². The Labute approximate surface area is 93.0 Å². The van der Waals surface area contributed by atoms with Crippen LogP contribution >= 0.6 is 11.6 Å². The molecule has 0 amide bonds. The van der Waals surface area contributed by atoms with Gasteiger partial charge in [-0.15, -0.1) is 0 Å². The van der Waals surface area contributed by atoms with E-state index in [0.29, 0.717) is 5.02 Å². The van der Waals surface area contributed by atoms with E-state index in [1.165, 1.54) is 0 Å². The van der Waals surface area contributed by atoms with E-state index in [1.54, 1.807) is 31.2 Å². The molecule has 0 saturated carbocycles. The van der Waals surface area contributed by atoms with Crippen LogP contribution in [0.25, 0.3) is 0 Å². The number of ether oxygens (including phenoxy) is 1. The van der Waals surface area contributed by atoms with Crippen molar-refractivity contribution in [3.8, 4) is 0 Å². The van der Waals surface area contributed by atoms with Gasteiger partial charge in [0, 0.05) is 11.4 Å². The van der Waals surface area contributed by atoms with Gasteiger partial charge in [-0.25, -0.2) is 4.79 Å². The number of rotatable bonds is 4. The quantitative estimate of drug-likeness (QED) is 0.583. The molecule has 0 N–H and O–H groups in total. The van der Waals surface area contributed by atoms with Crippen molar-refractivity contribution >= 4 is 23.4 Å². The zero-order chi connectivity index (χ0) is 11.3. The molecule has 0 radical (unpaired) electrons. The minimum atomic E-state index is -0.785. The van der Waals surface area contributed by atoms with Gasteiger partial charge in [0.2, 0.25) is 5.78 Å². The van der Waals surface area contributed by atoms with Crippen LogP contribution in [0.3, 0.4) is 0 Å². The van der Waals surface area contributed by atoms with Gasteiger partial charge < -0.3 is 4.74 Å². The molecule has 0 unspecified atom stereocenters. The van der Waals surface area contributed by atoms with Crippen molar-refractivity contribution in [3.63, 3.8) is 0 Å². The summed E-state index contributed by atoms with van der Waals surface area (Å²) in [5.41, 5.74) is 0.748. The smallest absolute Gasteiger partial charge is 0.374 e. The van der Waals surface area contributed by atoms with Crippen LogP contribution in [0.5, 0.6) is 0 Å². The fourth-order valence-electron chi connectivity index (χ4n) is 1.07. The van der Waals surface area contributed by atoms with E-state index in [0.717, 1.165) is 5.56 Å². The first kappa shape index (κ1) is 11.7. The lowest BCUT2D eigenvalue weighted by molar-refractivity contribution is -0.153. The molecule has 0 aliphatic carbocycles. The Hall–Kier alpha value is -1.35. The third-order valence-corrected chi connectivity index (χ3v) is 2.03. The molecule has 1 aromatic carbocycles. The minimum absolute atomic E-state index is 0.0516. The number of ketones is 1. The largest absolute Gasteiger partial charge is 0.460 e. The topological polar surface area (TPSA) is 43.4 Å². The van der Waals surface area contributed by atoms with E-state index in [1.807, 2.05) is 0 Å². The third kappa shape index (κ3) is 3.72. The highest BCUT2D eigenvalue weighted by Crippen LogP contribution is 2.10. The summed E-state index contributed by atoms with van der Waals surface area (Å²) < 4.78 is 4.59. The monoisotopic (exact) mass is 226 g/mol. The predicted molar refractivity (Wildman–Crippen MR) is 56.8 cm³/mol. The van der Waals surface area contributed by atoms with Gasteiger partial charge in [0.05, 0.1) is 6.61 Å². The van der Waals surface area contributed by atoms with Gasteiger partial charge in [-0.2, -0.15) is 0 Å². The van der Waals surface area contributed by atoms with Crippen LogP contribution in [0.15, 0.2) is 24.3 Å². The van der Waals surface area contributed by atoms with Gasteiger partial charge >= 0.3 is 5.97 Å². The SMILES string of the molecule is CCOC(=O)C(=O)Cc1ccc(Cl)cc1. The Morgan fingerprint density at radius 3 is 2.40 bits per heavy atom. The first-order valence-corrected chi connectivity index (χ1v) is 4.95. The molecule has 0 saturated heterocycles. The van der Waals surface area contributed by atoms with Crippen LogP contribution in [0, 0.1) is 0 Å². The zero-order valence-corrected chi connectivity index (χ0v) is 9.08. The van der Waals surface area contributed by atoms with Crippen molar-refractivity contribution in [2.75, 3.05) is 6.61 Å². The van der Waals surface area contributed by atoms with E-state index >= 15 is 0 Å². The normalized spacial score (nSPS) is 9.73. The standard InChI is InChI=1S/C11H11ClO3/c1-2-15-11(14)10(13)7-8-3-5-9(12)6-4-8/h3-6H,2,7H2,1H3. The van der Waals surface area contributed by atoms with Crippen molar-refractivity contribution < 1.29 is 14.3 Å². The molecule has 0 aliphatic heterocycles. The Bertz CT molecular complexity index is 357. The van der Waals surface area contributed by atoms with E-state index in [2.05, 4.69) is 4.74 Å². The number of carbonyl (C=O) groups excluding carboxylic acids is 2. The van der Waals surface area contributed by atoms with Crippen LogP contribution in [-0.4, -0.2) is 18.4 Å². The van der Waals surface area contributed by atoms with Gasteiger partial charge in [-0.1, -0.05) is 23.7 Å². The highest BCUT2D eigenvalue weighted by molar-refractivity contribution is 6.34. The summed E-state index contributed by atoms with van der Waals surface area (Å²) in [4.78, 5) is 22.3. The summed E-state index contributed by atoms with van der Waals surface area (Å²) in [6.07, 6.45) is 0.0516. The van der Waals surface area contributed by atoms with Gasteiger partial charge in [-0.05, 0) is 24.6 Å². The maximum Gasteiger partial charge on any atom is 0.374 e. The maximum absolute atomic E-state index is 11.3. The molecular weight excluding hydrogens is 216 g/mol. The van der Waals surface area contributed by atoms with Crippen LogP contribution in [0.2, 0.25) is 5.02 Å². The summed E-state index contributed by atoms with van der Waals surface area (Å²) in [5, 5.41) is 0.599. The molecule has 0 heterocycles. The lowest BCUT2D eigenvalue weighted by atomic mass is 10.1. The van der Waals surface area contributed by atoms with Gasteiger partial charge in [0.15, 0.2) is 0 Å². The second-order valence-electron chi connectivity index (χ2n) is 2.95. The highest BCUT2D eigenvalue weighted by atomic mass is 35.5. The molecule has 1 rings (SSSR count). The molecule has 1 aromatic rings. The lowest BCUT2D eigenvalue weighted by Gasteiger charge is -2.01. The highest BCUT2D eigenvalue weighted by Gasteiger charge is 2.14. The summed E-state index contributed by atoms with van der Waals surface area (Å²) in [6, 6.07) is 6.77. The van der Waals surface area contributed by atoms with E-state index in [9.17, 15) is 9.59 Å². The van der Waals surface area contributed by atoms with Crippen LogP contribution in [-0.2, 0) is 20.7 Å². The molecule has 3 nitrogen and oxygen atoms in total. The van der Waals surface area contributed by atoms with Crippen LogP contribution < -0.4 is 0 Å². The van der Waals surface area contributed by atoms with Crippen LogP contribution in [0.4, 0.5) is 0 Å². The molecule has 0 aromatic heterocycles. The van der Waals surface area contributed by atoms with Gasteiger partial charge in [0.1, 0.15) is 0 Å². The Morgan fingerprint density at radius 2 is 1.87 bits per heavy atom. The summed E-state index contributed by atoms with van der Waals surface area (Å²) >= 11 is 5.68. The maximum atomic E-state index is 11.3. The zero-order valence-electron chi connectivity index (χ0n) is 8.33. The number of benzene rings is 1. The predicted octanol–water partition coefficient (Wildman–Crippen LogP) is 2.01. The molecule has 80 valence electrons. The van der Waals surface area contributed by atoms with E-state index in [-0.39, 0.29) is 13.0 Å². The van der Waals surface area contributed by atoms with E-state index < -0.39 is 11.8 Å². The third-order valence-electron chi connectivity index (χ3n) is 1.78. The number of halogens is 1. The van der Waals surface area contributed by atoms with Crippen molar-refractivity contribution in [3.05, 3.63) is 34.9 Å². The van der Waals surface area contributed by atoms with Crippen molar-refractivity contribution in [1.29, 1.82) is 0 Å². The molecule has 0 spiro atoms. The number of esters is 1. The van der Waals surface area contributed by atoms with Crippen molar-refractivity contribution in [2.24, 2.45) is 0 Å². The number of hydrogen-bond acceptors (Lipinski definition) is 3. The average Bonchev–Trinajstić information content (AvgIpc) is 2.22. The van der Waals surface area contributed by atoms with Crippen molar-refractivity contribution in [1.82, 2.24) is 0 Å². The lowest BCUT2D eigenvalue weighted by Crippen LogP contribution is -2.19. The number of Topliss-reactive ketones (excluding diaryl/α,β-unsaturated/α-hetero) is 1. The van der Waals surface area contributed by atoms with E-state index in [4.69, 9.17) is 11.6 Å². The molecule has 0 bridgehead atoms. The summed E-state index contributed by atoms with van der Waals surface area (Å²) in [7, 11) is 0. The molecule has 4 heteroatoms. The van der Waals surface area contributed by atoms with Crippen molar-refractivity contribution in [2.45, 2.75) is 13.3 Å². The Balaban J connectivity index is 2.58. The minimum Gasteiger partial charge on any atom is -0.460 e. The first-order valence-electron chi connectivity index (χ1n) is 4.58. The fourth-order valence-corrected chi connectivity index (χ4v) is 1.20. The van der Waals surface area contributed by atoms with Gasteiger partial charge in [0.25, 0.3) is 0 Å². The second kappa shape index (κ2) is 5.51. The molecular formula is C11H11ClO3. The number of hydrogen-bond donors (Lipinski definition) is 0. The summed E-state index contributed by atoms with van der Waals surface area (Å²) in [6.45, 7) is 1.87. The number of carbonyl (C=O) groups is 2. The Morgan fingerprint density at radius 1 is 1.27 bits per heavy atom. The molecule has 15 heavy (non-hydrogen) atoms. The first-order chi connectivity index (χ1) is 7.13. The second-order valence-corrected chi connectivity index (χ2v) is 3.38.